The molecule has 0 spiro atoms. The normalized spacial score (nSPS) is 19.5. The van der Waals surface area contributed by atoms with Crippen molar-refractivity contribution in [2.45, 2.75) is 13.3 Å². The summed E-state index contributed by atoms with van der Waals surface area (Å²) in [5.74, 6) is 0. The summed E-state index contributed by atoms with van der Waals surface area (Å²) >= 11 is 3.34. The molecule has 0 aromatic heterocycles. The van der Waals surface area contributed by atoms with Crippen LogP contribution in [0.2, 0.25) is 0 Å². The summed E-state index contributed by atoms with van der Waals surface area (Å²) in [6.45, 7) is 2.08. The zero-order valence-corrected chi connectivity index (χ0v) is 9.30. The van der Waals surface area contributed by atoms with Gasteiger partial charge in [-0.15, -0.1) is 0 Å². The number of hydrogen-bond acceptors (Lipinski definition) is 2. The van der Waals surface area contributed by atoms with Crippen molar-refractivity contribution in [1.29, 1.82) is 5.26 Å². The van der Waals surface area contributed by atoms with Crippen molar-refractivity contribution in [3.63, 3.8) is 0 Å². The minimum Gasteiger partial charge on any atom is -0.350 e. The summed E-state index contributed by atoms with van der Waals surface area (Å²) in [7, 11) is 1.97. The molecule has 0 unspecified atom stereocenters. The van der Waals surface area contributed by atoms with Crippen LogP contribution in [0.25, 0.3) is 0 Å². The molecule has 0 fully saturated rings. The molecule has 68 valence electrons. The van der Waals surface area contributed by atoms with E-state index < -0.39 is 0 Å². The van der Waals surface area contributed by atoms with E-state index in [1.807, 2.05) is 24.2 Å². The molecule has 0 aromatic rings. The van der Waals surface area contributed by atoms with Gasteiger partial charge in [-0.2, -0.15) is 5.26 Å². The molecule has 1 aliphatic heterocycles. The Kier molecular flexibility index (Phi) is 3.32. The summed E-state index contributed by atoms with van der Waals surface area (Å²) in [6, 6.07) is 2.14. The molecule has 0 radical (unpaired) electrons. The maximum atomic E-state index is 8.80. The van der Waals surface area contributed by atoms with Gasteiger partial charge in [0.1, 0.15) is 6.07 Å². The number of nitriles is 1. The third-order valence-electron chi connectivity index (χ3n) is 1.80. The number of allylic oxidation sites excluding steroid dienone is 4. The van der Waals surface area contributed by atoms with E-state index in [1.54, 1.807) is 0 Å². The topological polar surface area (TPSA) is 27.0 Å². The first-order chi connectivity index (χ1) is 6.19. The van der Waals surface area contributed by atoms with Gasteiger partial charge in [-0.25, -0.2) is 0 Å². The highest BCUT2D eigenvalue weighted by molar-refractivity contribution is 9.12. The van der Waals surface area contributed by atoms with Gasteiger partial charge in [0.05, 0.1) is 10.1 Å². The van der Waals surface area contributed by atoms with E-state index in [0.29, 0.717) is 5.57 Å². The summed E-state index contributed by atoms with van der Waals surface area (Å²) in [6.07, 6.45) is 6.85. The van der Waals surface area contributed by atoms with Gasteiger partial charge in [0.2, 0.25) is 0 Å². The van der Waals surface area contributed by atoms with Crippen LogP contribution in [0.3, 0.4) is 0 Å². The minimum atomic E-state index is 0.679. The molecule has 3 heteroatoms. The molecule has 0 atom stereocenters. The minimum absolute atomic E-state index is 0.679. The standard InChI is InChI=1S/C10H11BrN2/c1-3-4-9-5-8(6-12)10(11)7-13(9)2/h4-5,7H,3H2,1-2H3. The Morgan fingerprint density at radius 1 is 1.69 bits per heavy atom. The quantitative estimate of drug-likeness (QED) is 0.703. The smallest absolute Gasteiger partial charge is 0.100 e. The van der Waals surface area contributed by atoms with Gasteiger partial charge in [-0.1, -0.05) is 13.0 Å². The lowest BCUT2D eigenvalue weighted by Crippen LogP contribution is -2.13. The lowest BCUT2D eigenvalue weighted by molar-refractivity contribution is 0.578. The Balaban J connectivity index is 3.02. The predicted molar refractivity (Wildman–Crippen MR) is 56.8 cm³/mol. The van der Waals surface area contributed by atoms with Crippen molar-refractivity contribution < 1.29 is 0 Å². The molecule has 1 aliphatic rings. The second kappa shape index (κ2) is 4.29. The molecule has 13 heavy (non-hydrogen) atoms. The number of likely N-dealkylation sites (N-methyl/N-ethyl adjacent to an activating group) is 1. The van der Waals surface area contributed by atoms with Gasteiger partial charge in [-0.3, -0.25) is 0 Å². The first-order valence-corrected chi connectivity index (χ1v) is 4.90. The second-order valence-corrected chi connectivity index (χ2v) is 3.65. The SMILES string of the molecule is CCC=C1C=C(C#N)C(Br)=CN1C. The van der Waals surface area contributed by atoms with E-state index in [-0.39, 0.29) is 0 Å². The number of hydrogen-bond donors (Lipinski definition) is 0. The molecule has 0 amide bonds. The summed E-state index contributed by atoms with van der Waals surface area (Å²) in [5.41, 5.74) is 1.75. The fraction of sp³-hybridized carbons (Fsp3) is 0.300. The van der Waals surface area contributed by atoms with Crippen LogP contribution in [0, 0.1) is 11.3 Å². The van der Waals surface area contributed by atoms with Crippen LogP contribution >= 0.6 is 15.9 Å². The summed E-state index contributed by atoms with van der Waals surface area (Å²) < 4.78 is 0.839. The number of halogens is 1. The highest BCUT2D eigenvalue weighted by Gasteiger charge is 2.11. The lowest BCUT2D eigenvalue weighted by Gasteiger charge is -2.20. The molecule has 0 aliphatic carbocycles. The van der Waals surface area contributed by atoms with Crippen LogP contribution in [-0.4, -0.2) is 11.9 Å². The fourth-order valence-corrected chi connectivity index (χ4v) is 1.64. The van der Waals surface area contributed by atoms with Crippen LogP contribution < -0.4 is 0 Å². The predicted octanol–water partition coefficient (Wildman–Crippen LogP) is 2.91. The van der Waals surface area contributed by atoms with Gasteiger partial charge in [-0.05, 0) is 28.4 Å². The van der Waals surface area contributed by atoms with Gasteiger partial charge in [0, 0.05) is 18.9 Å². The van der Waals surface area contributed by atoms with Crippen LogP contribution in [0.15, 0.2) is 34.1 Å². The maximum absolute atomic E-state index is 8.80. The second-order valence-electron chi connectivity index (χ2n) is 2.79. The van der Waals surface area contributed by atoms with Crippen molar-refractivity contribution in [2.24, 2.45) is 0 Å². The average molecular weight is 239 g/mol. The van der Waals surface area contributed by atoms with E-state index in [9.17, 15) is 0 Å². The highest BCUT2D eigenvalue weighted by Crippen LogP contribution is 2.25. The zero-order valence-electron chi connectivity index (χ0n) is 7.71. The van der Waals surface area contributed by atoms with E-state index in [4.69, 9.17) is 5.26 Å². The van der Waals surface area contributed by atoms with Crippen molar-refractivity contribution in [2.75, 3.05) is 7.05 Å². The first-order valence-electron chi connectivity index (χ1n) is 4.11. The van der Waals surface area contributed by atoms with Gasteiger partial charge >= 0.3 is 0 Å². The fourth-order valence-electron chi connectivity index (χ4n) is 1.13. The van der Waals surface area contributed by atoms with E-state index in [2.05, 4.69) is 35.0 Å². The zero-order chi connectivity index (χ0) is 9.84. The molecular weight excluding hydrogens is 228 g/mol. The molecule has 0 N–H and O–H groups in total. The molecule has 2 nitrogen and oxygen atoms in total. The Morgan fingerprint density at radius 3 is 2.92 bits per heavy atom. The Labute approximate surface area is 87.0 Å². The summed E-state index contributed by atoms with van der Waals surface area (Å²) in [5, 5.41) is 8.80. The third kappa shape index (κ3) is 2.22. The summed E-state index contributed by atoms with van der Waals surface area (Å²) in [4.78, 5) is 1.99. The number of nitrogens with zero attached hydrogens (tertiary/aromatic N) is 2. The largest absolute Gasteiger partial charge is 0.350 e. The van der Waals surface area contributed by atoms with E-state index in [1.165, 1.54) is 0 Å². The molecule has 0 bridgehead atoms. The molecule has 0 aromatic carbocycles. The third-order valence-corrected chi connectivity index (χ3v) is 2.43. The molecule has 0 saturated carbocycles. The number of rotatable bonds is 1. The Hall–Kier alpha value is -1.01. The van der Waals surface area contributed by atoms with Gasteiger partial charge < -0.3 is 4.90 Å². The van der Waals surface area contributed by atoms with Crippen LogP contribution in [0.4, 0.5) is 0 Å². The highest BCUT2D eigenvalue weighted by atomic mass is 79.9. The van der Waals surface area contributed by atoms with Gasteiger partial charge in [0.25, 0.3) is 0 Å². The van der Waals surface area contributed by atoms with Gasteiger partial charge in [0.15, 0.2) is 0 Å². The molecule has 0 saturated heterocycles. The van der Waals surface area contributed by atoms with Crippen molar-refractivity contribution in [3.8, 4) is 6.07 Å². The average Bonchev–Trinajstić information content (AvgIpc) is 2.10. The molecular formula is C10H11BrN2. The van der Waals surface area contributed by atoms with Crippen molar-refractivity contribution >= 4 is 15.9 Å². The molecule has 1 heterocycles. The Bertz CT molecular complexity index is 331. The van der Waals surface area contributed by atoms with E-state index >= 15 is 0 Å². The first kappa shape index (κ1) is 10.1. The van der Waals surface area contributed by atoms with Crippen molar-refractivity contribution in [3.05, 3.63) is 34.1 Å². The monoisotopic (exact) mass is 238 g/mol. The van der Waals surface area contributed by atoms with E-state index in [0.717, 1.165) is 16.6 Å². The lowest BCUT2D eigenvalue weighted by atomic mass is 10.1. The van der Waals surface area contributed by atoms with Crippen molar-refractivity contribution in [1.82, 2.24) is 4.90 Å². The van der Waals surface area contributed by atoms with Crippen LogP contribution in [0.1, 0.15) is 13.3 Å². The molecule has 1 rings (SSSR count). The van der Waals surface area contributed by atoms with Crippen LogP contribution in [-0.2, 0) is 0 Å². The maximum Gasteiger partial charge on any atom is 0.100 e. The Morgan fingerprint density at radius 2 is 2.38 bits per heavy atom. The van der Waals surface area contributed by atoms with Crippen LogP contribution in [0.5, 0.6) is 0 Å².